The minimum atomic E-state index is -3.50. The van der Waals surface area contributed by atoms with Gasteiger partial charge in [-0.05, 0) is 69.0 Å². The van der Waals surface area contributed by atoms with Gasteiger partial charge in [-0.3, -0.25) is 4.90 Å². The van der Waals surface area contributed by atoms with Crippen molar-refractivity contribution in [3.05, 3.63) is 64.1 Å². The zero-order valence-electron chi connectivity index (χ0n) is 20.5. The predicted molar refractivity (Wildman–Crippen MR) is 146 cm³/mol. The Hall–Kier alpha value is -2.47. The summed E-state index contributed by atoms with van der Waals surface area (Å²) in [6.07, 6.45) is 3.66. The molecule has 194 valence electrons. The monoisotopic (exact) mass is 575 g/mol. The molecule has 0 aliphatic carbocycles. The highest BCUT2D eigenvalue weighted by Crippen LogP contribution is 2.21. The van der Waals surface area contributed by atoms with E-state index in [1.807, 2.05) is 19.1 Å². The Morgan fingerprint density at radius 3 is 2.44 bits per heavy atom. The van der Waals surface area contributed by atoms with Crippen LogP contribution in [0.1, 0.15) is 30.4 Å². The first kappa shape index (κ1) is 26.6. The number of anilines is 2. The number of nitrogen functional groups attached to an aromatic ring is 1. The summed E-state index contributed by atoms with van der Waals surface area (Å²) in [5, 5.41) is 6.90. The Labute approximate surface area is 221 Å². The van der Waals surface area contributed by atoms with Gasteiger partial charge in [0.1, 0.15) is 0 Å². The summed E-state index contributed by atoms with van der Waals surface area (Å²) < 4.78 is 29.1. The molecule has 0 amide bonds. The van der Waals surface area contributed by atoms with Gasteiger partial charge in [-0.15, -0.1) is 5.10 Å². The van der Waals surface area contributed by atoms with Gasteiger partial charge in [0.2, 0.25) is 21.9 Å². The van der Waals surface area contributed by atoms with Crippen molar-refractivity contribution in [1.82, 2.24) is 24.8 Å². The van der Waals surface area contributed by atoms with Crippen LogP contribution in [-0.4, -0.2) is 67.3 Å². The molecule has 4 rings (SSSR count). The first-order valence-electron chi connectivity index (χ1n) is 12.3. The predicted octanol–water partition coefficient (Wildman–Crippen LogP) is 3.34. The molecule has 36 heavy (non-hydrogen) atoms. The molecule has 9 nitrogen and oxygen atoms in total. The van der Waals surface area contributed by atoms with Crippen LogP contribution in [0.3, 0.4) is 0 Å². The molecule has 0 unspecified atom stereocenters. The molecule has 11 heteroatoms. The van der Waals surface area contributed by atoms with Crippen molar-refractivity contribution in [2.75, 3.05) is 43.4 Å². The molecule has 0 atom stereocenters. The number of piperidine rings is 1. The van der Waals surface area contributed by atoms with Crippen LogP contribution in [0.5, 0.6) is 0 Å². The Bertz CT molecular complexity index is 1210. The maximum Gasteiger partial charge on any atom is 0.246 e. The van der Waals surface area contributed by atoms with Crippen molar-refractivity contribution in [3.63, 3.8) is 0 Å². The molecule has 0 saturated carbocycles. The SMILES string of the molecule is Cc1ccc(S(=O)(=O)NCCCN(CCc2ccc(Br)cc2)C2CCN(c3n[nH]c(N)n3)CC2)cc1. The van der Waals surface area contributed by atoms with Crippen LogP contribution in [0.15, 0.2) is 57.9 Å². The van der Waals surface area contributed by atoms with Crippen LogP contribution in [-0.2, 0) is 16.4 Å². The van der Waals surface area contributed by atoms with Crippen molar-refractivity contribution in [3.8, 4) is 0 Å². The van der Waals surface area contributed by atoms with Gasteiger partial charge >= 0.3 is 0 Å². The van der Waals surface area contributed by atoms with E-state index < -0.39 is 10.0 Å². The number of nitrogens with one attached hydrogen (secondary N) is 2. The number of benzene rings is 2. The Kier molecular flexibility index (Phi) is 9.00. The van der Waals surface area contributed by atoms with Crippen molar-refractivity contribution >= 4 is 37.8 Å². The second kappa shape index (κ2) is 12.2. The normalized spacial score (nSPS) is 15.0. The van der Waals surface area contributed by atoms with Gasteiger partial charge in [0.15, 0.2) is 0 Å². The fourth-order valence-electron chi connectivity index (χ4n) is 4.53. The van der Waals surface area contributed by atoms with Crippen LogP contribution >= 0.6 is 15.9 Å². The summed E-state index contributed by atoms with van der Waals surface area (Å²) in [6, 6.07) is 15.8. The molecular formula is C25H34BrN7O2S. The first-order valence-corrected chi connectivity index (χ1v) is 14.6. The summed E-state index contributed by atoms with van der Waals surface area (Å²) in [5.41, 5.74) is 8.02. The zero-order valence-corrected chi connectivity index (χ0v) is 22.9. The largest absolute Gasteiger partial charge is 0.368 e. The van der Waals surface area contributed by atoms with E-state index in [1.165, 1.54) is 5.56 Å². The number of rotatable bonds is 11. The standard InChI is InChI=1S/C25H34BrN7O2S/c1-19-3-9-23(10-4-19)36(34,35)28-14-2-15-32(16-11-20-5-7-21(26)8-6-20)22-12-17-33(18-13-22)25-29-24(27)30-31-25/h3-10,22,28H,2,11-18H2,1H3,(H3,27,29,30,31). The molecule has 2 heterocycles. The van der Waals surface area contributed by atoms with E-state index in [1.54, 1.807) is 12.1 Å². The lowest BCUT2D eigenvalue weighted by Gasteiger charge is -2.38. The van der Waals surface area contributed by atoms with Crippen molar-refractivity contribution in [2.45, 2.75) is 43.5 Å². The highest BCUT2D eigenvalue weighted by Gasteiger charge is 2.26. The van der Waals surface area contributed by atoms with E-state index >= 15 is 0 Å². The average molecular weight is 577 g/mol. The number of H-pyrrole nitrogens is 1. The van der Waals surface area contributed by atoms with E-state index in [0.717, 1.165) is 61.9 Å². The number of aromatic amines is 1. The van der Waals surface area contributed by atoms with Crippen molar-refractivity contribution in [2.24, 2.45) is 0 Å². The summed E-state index contributed by atoms with van der Waals surface area (Å²) >= 11 is 3.50. The number of hydrogen-bond donors (Lipinski definition) is 3. The fraction of sp³-hybridized carbons (Fsp3) is 0.440. The number of halogens is 1. The number of nitrogens with zero attached hydrogens (tertiary/aromatic N) is 4. The van der Waals surface area contributed by atoms with Gasteiger partial charge in [0.25, 0.3) is 0 Å². The third-order valence-corrected chi connectivity index (χ3v) is 8.61. The summed E-state index contributed by atoms with van der Waals surface area (Å²) in [6.45, 7) is 5.81. The molecule has 0 spiro atoms. The maximum atomic E-state index is 12.6. The molecule has 1 aromatic heterocycles. The second-order valence-electron chi connectivity index (χ2n) is 9.22. The lowest BCUT2D eigenvalue weighted by Crippen LogP contribution is -2.46. The quantitative estimate of drug-likeness (QED) is 0.300. The van der Waals surface area contributed by atoms with Crippen molar-refractivity contribution in [1.29, 1.82) is 0 Å². The molecule has 2 aromatic carbocycles. The molecule has 1 fully saturated rings. The van der Waals surface area contributed by atoms with E-state index in [4.69, 9.17) is 5.73 Å². The van der Waals surface area contributed by atoms with E-state index in [-0.39, 0.29) is 0 Å². The number of aryl methyl sites for hydroxylation is 1. The number of aromatic nitrogens is 3. The molecule has 0 radical (unpaired) electrons. The van der Waals surface area contributed by atoms with Crippen LogP contribution < -0.4 is 15.4 Å². The van der Waals surface area contributed by atoms with E-state index in [9.17, 15) is 8.42 Å². The smallest absolute Gasteiger partial charge is 0.246 e. The highest BCUT2D eigenvalue weighted by atomic mass is 79.9. The maximum absolute atomic E-state index is 12.6. The molecular weight excluding hydrogens is 542 g/mol. The minimum absolute atomic E-state index is 0.306. The number of hydrogen-bond acceptors (Lipinski definition) is 7. The highest BCUT2D eigenvalue weighted by molar-refractivity contribution is 9.10. The minimum Gasteiger partial charge on any atom is -0.368 e. The number of sulfonamides is 1. The van der Waals surface area contributed by atoms with Gasteiger partial charge < -0.3 is 10.6 Å². The van der Waals surface area contributed by atoms with Crippen molar-refractivity contribution < 1.29 is 8.42 Å². The Balaban J connectivity index is 1.33. The Morgan fingerprint density at radius 1 is 1.11 bits per heavy atom. The molecule has 4 N–H and O–H groups in total. The zero-order chi connectivity index (χ0) is 25.5. The van der Waals surface area contributed by atoms with Gasteiger partial charge in [-0.25, -0.2) is 18.2 Å². The molecule has 1 saturated heterocycles. The van der Waals surface area contributed by atoms with Gasteiger partial charge in [-0.2, -0.15) is 4.98 Å². The Morgan fingerprint density at radius 2 is 1.81 bits per heavy atom. The topological polar surface area (TPSA) is 120 Å². The molecule has 1 aliphatic rings. The molecule has 0 bridgehead atoms. The summed E-state index contributed by atoms with van der Waals surface area (Å²) in [4.78, 5) is 9.23. The van der Waals surface area contributed by atoms with Gasteiger partial charge in [0.05, 0.1) is 4.90 Å². The third-order valence-electron chi connectivity index (χ3n) is 6.60. The fourth-order valence-corrected chi connectivity index (χ4v) is 5.87. The average Bonchev–Trinajstić information content (AvgIpc) is 3.31. The summed E-state index contributed by atoms with van der Waals surface area (Å²) in [7, 11) is -3.50. The van der Waals surface area contributed by atoms with Crippen LogP contribution in [0.4, 0.5) is 11.9 Å². The van der Waals surface area contributed by atoms with Crippen LogP contribution in [0.25, 0.3) is 0 Å². The van der Waals surface area contributed by atoms with Gasteiger partial charge in [0, 0.05) is 36.7 Å². The van der Waals surface area contributed by atoms with Crippen LogP contribution in [0.2, 0.25) is 0 Å². The number of nitrogens with two attached hydrogens (primary N) is 1. The molecule has 3 aromatic rings. The van der Waals surface area contributed by atoms with E-state index in [0.29, 0.717) is 29.4 Å². The summed E-state index contributed by atoms with van der Waals surface area (Å²) in [5.74, 6) is 0.981. The first-order chi connectivity index (χ1) is 17.3. The lowest BCUT2D eigenvalue weighted by molar-refractivity contribution is 0.169. The molecule has 1 aliphatic heterocycles. The third kappa shape index (κ3) is 7.28. The lowest BCUT2D eigenvalue weighted by atomic mass is 10.0. The van der Waals surface area contributed by atoms with Gasteiger partial charge in [-0.1, -0.05) is 45.8 Å². The van der Waals surface area contributed by atoms with E-state index in [2.05, 4.69) is 69.9 Å². The van der Waals surface area contributed by atoms with Crippen LogP contribution in [0, 0.1) is 6.92 Å². The second-order valence-corrected chi connectivity index (χ2v) is 11.9.